The normalized spacial score (nSPS) is 10.7. The highest BCUT2D eigenvalue weighted by Gasteiger charge is 2.08. The maximum atomic E-state index is 11.9. The van der Waals surface area contributed by atoms with Gasteiger partial charge in [0.25, 0.3) is 5.56 Å². The van der Waals surface area contributed by atoms with E-state index in [1.54, 1.807) is 0 Å². The Bertz CT molecular complexity index is 652. The van der Waals surface area contributed by atoms with Crippen molar-refractivity contribution in [1.29, 1.82) is 0 Å². The molecule has 0 radical (unpaired) electrons. The lowest BCUT2D eigenvalue weighted by Crippen LogP contribution is -2.21. The fourth-order valence-corrected chi connectivity index (χ4v) is 2.66. The standard InChI is InChI=1S/C18H24N2O/c1-5-14-12-13(4)18(21)19-17(14)15-8-10-16(11-9-15)20(6-2)7-3/h8-12H,5-7H2,1-4H3,(H,19,21). The number of aromatic nitrogens is 1. The summed E-state index contributed by atoms with van der Waals surface area (Å²) < 4.78 is 0. The Kier molecular flexibility index (Phi) is 4.84. The lowest BCUT2D eigenvalue weighted by molar-refractivity contribution is 0.866. The average molecular weight is 284 g/mol. The molecule has 2 rings (SSSR count). The van der Waals surface area contributed by atoms with Gasteiger partial charge in [0.1, 0.15) is 0 Å². The molecule has 0 atom stereocenters. The predicted molar refractivity (Wildman–Crippen MR) is 90.2 cm³/mol. The van der Waals surface area contributed by atoms with Gasteiger partial charge in [0.05, 0.1) is 5.69 Å². The molecule has 112 valence electrons. The maximum Gasteiger partial charge on any atom is 0.251 e. The van der Waals surface area contributed by atoms with E-state index in [-0.39, 0.29) is 5.56 Å². The lowest BCUT2D eigenvalue weighted by atomic mass is 10.0. The van der Waals surface area contributed by atoms with Crippen molar-refractivity contribution in [3.63, 3.8) is 0 Å². The zero-order chi connectivity index (χ0) is 15.4. The molecule has 3 heteroatoms. The Balaban J connectivity index is 2.43. The van der Waals surface area contributed by atoms with Crippen LogP contribution in [0.15, 0.2) is 35.1 Å². The molecule has 1 heterocycles. The van der Waals surface area contributed by atoms with Crippen molar-refractivity contribution in [2.75, 3.05) is 18.0 Å². The summed E-state index contributed by atoms with van der Waals surface area (Å²) in [6.07, 6.45) is 0.907. The van der Waals surface area contributed by atoms with Gasteiger partial charge in [0.15, 0.2) is 0 Å². The number of anilines is 1. The fourth-order valence-electron chi connectivity index (χ4n) is 2.66. The molecule has 1 aromatic heterocycles. The van der Waals surface area contributed by atoms with Gasteiger partial charge in [-0.1, -0.05) is 19.1 Å². The fraction of sp³-hybridized carbons (Fsp3) is 0.389. The summed E-state index contributed by atoms with van der Waals surface area (Å²) in [7, 11) is 0. The molecule has 0 fully saturated rings. The highest BCUT2D eigenvalue weighted by molar-refractivity contribution is 5.66. The number of rotatable bonds is 5. The summed E-state index contributed by atoms with van der Waals surface area (Å²) in [6, 6.07) is 10.4. The number of nitrogens with one attached hydrogen (secondary N) is 1. The quantitative estimate of drug-likeness (QED) is 0.907. The number of H-pyrrole nitrogens is 1. The summed E-state index contributed by atoms with van der Waals surface area (Å²) in [6.45, 7) is 10.3. The first kappa shape index (κ1) is 15.4. The number of aromatic amines is 1. The van der Waals surface area contributed by atoms with Crippen LogP contribution in [0, 0.1) is 6.92 Å². The Labute approximate surface area is 126 Å². The van der Waals surface area contributed by atoms with Crippen molar-refractivity contribution in [3.05, 3.63) is 51.8 Å². The van der Waals surface area contributed by atoms with Crippen molar-refractivity contribution >= 4 is 5.69 Å². The van der Waals surface area contributed by atoms with Crippen molar-refractivity contribution in [2.45, 2.75) is 34.1 Å². The van der Waals surface area contributed by atoms with E-state index in [1.807, 2.05) is 13.0 Å². The van der Waals surface area contributed by atoms with Gasteiger partial charge in [-0.05, 0) is 56.5 Å². The SMILES string of the molecule is CCc1cc(C)c(=O)[nH]c1-c1ccc(N(CC)CC)cc1. The van der Waals surface area contributed by atoms with Crippen LogP contribution in [0.2, 0.25) is 0 Å². The van der Waals surface area contributed by atoms with Gasteiger partial charge >= 0.3 is 0 Å². The number of nitrogens with zero attached hydrogens (tertiary/aromatic N) is 1. The van der Waals surface area contributed by atoms with Crippen LogP contribution in [-0.2, 0) is 6.42 Å². The van der Waals surface area contributed by atoms with E-state index in [4.69, 9.17) is 0 Å². The topological polar surface area (TPSA) is 36.1 Å². The molecule has 0 aliphatic carbocycles. The Hall–Kier alpha value is -2.03. The first-order valence-corrected chi connectivity index (χ1v) is 7.68. The number of hydrogen-bond acceptors (Lipinski definition) is 2. The first-order valence-electron chi connectivity index (χ1n) is 7.68. The highest BCUT2D eigenvalue weighted by Crippen LogP contribution is 2.24. The third kappa shape index (κ3) is 3.18. The first-order chi connectivity index (χ1) is 10.1. The van der Waals surface area contributed by atoms with Crippen LogP contribution in [0.1, 0.15) is 31.9 Å². The van der Waals surface area contributed by atoms with E-state index in [2.05, 4.69) is 54.9 Å². The maximum absolute atomic E-state index is 11.9. The van der Waals surface area contributed by atoms with Gasteiger partial charge in [-0.2, -0.15) is 0 Å². The summed E-state index contributed by atoms with van der Waals surface area (Å²) in [5, 5.41) is 0. The molecule has 0 unspecified atom stereocenters. The second-order valence-electron chi connectivity index (χ2n) is 5.25. The molecule has 0 amide bonds. The predicted octanol–water partition coefficient (Wildman–Crippen LogP) is 3.76. The third-order valence-corrected chi connectivity index (χ3v) is 3.97. The van der Waals surface area contributed by atoms with Crippen LogP contribution < -0.4 is 10.5 Å². The Morgan fingerprint density at radius 1 is 1.05 bits per heavy atom. The number of benzene rings is 1. The second kappa shape index (κ2) is 6.61. The average Bonchev–Trinajstić information content (AvgIpc) is 2.51. The van der Waals surface area contributed by atoms with Crippen LogP contribution in [-0.4, -0.2) is 18.1 Å². The molecule has 3 nitrogen and oxygen atoms in total. The number of aryl methyl sites for hydroxylation is 2. The zero-order valence-electron chi connectivity index (χ0n) is 13.4. The van der Waals surface area contributed by atoms with E-state index in [0.29, 0.717) is 0 Å². The van der Waals surface area contributed by atoms with Crippen LogP contribution in [0.25, 0.3) is 11.3 Å². The molecule has 0 spiro atoms. The molecule has 0 saturated carbocycles. The third-order valence-electron chi connectivity index (χ3n) is 3.97. The van der Waals surface area contributed by atoms with E-state index >= 15 is 0 Å². The van der Waals surface area contributed by atoms with Crippen LogP contribution in [0.5, 0.6) is 0 Å². The molecular weight excluding hydrogens is 260 g/mol. The minimum atomic E-state index is -0.00461. The van der Waals surface area contributed by atoms with Gasteiger partial charge in [-0.3, -0.25) is 4.79 Å². The van der Waals surface area contributed by atoms with E-state index in [1.165, 1.54) is 11.3 Å². The zero-order valence-corrected chi connectivity index (χ0v) is 13.4. The minimum absolute atomic E-state index is 0.00461. The van der Waals surface area contributed by atoms with Crippen LogP contribution >= 0.6 is 0 Å². The van der Waals surface area contributed by atoms with Gasteiger partial charge in [-0.15, -0.1) is 0 Å². The molecule has 1 aromatic carbocycles. The van der Waals surface area contributed by atoms with Crippen molar-refractivity contribution in [1.82, 2.24) is 4.98 Å². The van der Waals surface area contributed by atoms with E-state index in [0.717, 1.165) is 36.3 Å². The molecule has 0 aliphatic heterocycles. The summed E-state index contributed by atoms with van der Waals surface area (Å²) in [5.41, 5.74) is 5.18. The minimum Gasteiger partial charge on any atom is -0.372 e. The van der Waals surface area contributed by atoms with Gasteiger partial charge in [0.2, 0.25) is 0 Å². The smallest absolute Gasteiger partial charge is 0.251 e. The molecule has 0 bridgehead atoms. The summed E-state index contributed by atoms with van der Waals surface area (Å²) in [5.74, 6) is 0. The van der Waals surface area contributed by atoms with Gasteiger partial charge in [-0.25, -0.2) is 0 Å². The van der Waals surface area contributed by atoms with Gasteiger partial charge < -0.3 is 9.88 Å². The molecular formula is C18H24N2O. The van der Waals surface area contributed by atoms with Gasteiger partial charge in [0, 0.05) is 24.3 Å². The number of hydrogen-bond donors (Lipinski definition) is 1. The van der Waals surface area contributed by atoms with E-state index in [9.17, 15) is 4.79 Å². The largest absolute Gasteiger partial charge is 0.372 e. The monoisotopic (exact) mass is 284 g/mol. The highest BCUT2D eigenvalue weighted by atomic mass is 16.1. The molecule has 1 N–H and O–H groups in total. The number of pyridine rings is 1. The van der Waals surface area contributed by atoms with Crippen molar-refractivity contribution in [2.24, 2.45) is 0 Å². The molecule has 0 aliphatic rings. The molecule has 0 saturated heterocycles. The lowest BCUT2D eigenvalue weighted by Gasteiger charge is -2.21. The van der Waals surface area contributed by atoms with Crippen molar-refractivity contribution < 1.29 is 0 Å². The molecule has 21 heavy (non-hydrogen) atoms. The van der Waals surface area contributed by atoms with Crippen LogP contribution in [0.4, 0.5) is 5.69 Å². The summed E-state index contributed by atoms with van der Waals surface area (Å²) in [4.78, 5) is 17.2. The molecule has 2 aromatic rings. The second-order valence-corrected chi connectivity index (χ2v) is 5.25. The van der Waals surface area contributed by atoms with E-state index < -0.39 is 0 Å². The summed E-state index contributed by atoms with van der Waals surface area (Å²) >= 11 is 0. The van der Waals surface area contributed by atoms with Crippen LogP contribution in [0.3, 0.4) is 0 Å². The Morgan fingerprint density at radius 2 is 1.67 bits per heavy atom. The van der Waals surface area contributed by atoms with Crippen molar-refractivity contribution in [3.8, 4) is 11.3 Å². The Morgan fingerprint density at radius 3 is 2.19 bits per heavy atom.